The molecule has 2 rings (SSSR count). The van der Waals surface area contributed by atoms with Crippen LogP contribution in [0.2, 0.25) is 0 Å². The van der Waals surface area contributed by atoms with Gasteiger partial charge in [-0.2, -0.15) is 5.10 Å². The topological polar surface area (TPSA) is 64.4 Å². The maximum atomic E-state index is 12.2. The molecule has 0 saturated carbocycles. The molecule has 6 heteroatoms. The Morgan fingerprint density at radius 3 is 3.00 bits per heavy atom. The summed E-state index contributed by atoms with van der Waals surface area (Å²) in [6, 6.07) is 0. The maximum absolute atomic E-state index is 12.2. The first-order chi connectivity index (χ1) is 10.1. The Labute approximate surface area is 124 Å². The van der Waals surface area contributed by atoms with E-state index in [0.717, 1.165) is 18.4 Å². The van der Waals surface area contributed by atoms with E-state index in [1.807, 2.05) is 13.2 Å². The van der Waals surface area contributed by atoms with E-state index in [4.69, 9.17) is 4.74 Å². The van der Waals surface area contributed by atoms with Gasteiger partial charge in [-0.1, -0.05) is 0 Å². The number of piperidine rings is 1. The molecular weight excluding hydrogens is 270 g/mol. The SMILES string of the molecule is CCOC(=O)[C@H]1CCCN(C(=O)/C=C/c2cnn(C)c2)C1. The fraction of sp³-hybridized carbons (Fsp3) is 0.533. The molecule has 0 aliphatic carbocycles. The van der Waals surface area contributed by atoms with Crippen LogP contribution in [0, 0.1) is 5.92 Å². The van der Waals surface area contributed by atoms with Crippen LogP contribution < -0.4 is 0 Å². The molecule has 0 unspecified atom stereocenters. The highest BCUT2D eigenvalue weighted by Crippen LogP contribution is 2.18. The summed E-state index contributed by atoms with van der Waals surface area (Å²) in [5, 5.41) is 4.04. The van der Waals surface area contributed by atoms with Crippen molar-refractivity contribution in [1.82, 2.24) is 14.7 Å². The van der Waals surface area contributed by atoms with Gasteiger partial charge >= 0.3 is 5.97 Å². The van der Waals surface area contributed by atoms with Crippen molar-refractivity contribution in [2.24, 2.45) is 13.0 Å². The lowest BCUT2D eigenvalue weighted by atomic mass is 9.98. The van der Waals surface area contributed by atoms with Crippen molar-refractivity contribution >= 4 is 18.0 Å². The molecule has 0 N–H and O–H groups in total. The number of nitrogens with zero attached hydrogens (tertiary/aromatic N) is 3. The zero-order valence-corrected chi connectivity index (χ0v) is 12.5. The van der Waals surface area contributed by atoms with Gasteiger partial charge in [-0.3, -0.25) is 14.3 Å². The van der Waals surface area contributed by atoms with Gasteiger partial charge in [0, 0.05) is 38.0 Å². The lowest BCUT2D eigenvalue weighted by Gasteiger charge is -2.30. The largest absolute Gasteiger partial charge is 0.466 e. The van der Waals surface area contributed by atoms with Gasteiger partial charge in [-0.25, -0.2) is 0 Å². The third-order valence-corrected chi connectivity index (χ3v) is 3.50. The molecule has 0 bridgehead atoms. The number of rotatable bonds is 4. The van der Waals surface area contributed by atoms with E-state index < -0.39 is 0 Å². The van der Waals surface area contributed by atoms with Crippen LogP contribution >= 0.6 is 0 Å². The minimum absolute atomic E-state index is 0.0761. The van der Waals surface area contributed by atoms with Gasteiger partial charge in [0.05, 0.1) is 18.7 Å². The first-order valence-corrected chi connectivity index (χ1v) is 7.22. The first-order valence-electron chi connectivity index (χ1n) is 7.22. The molecule has 1 atom stereocenters. The molecule has 1 aromatic heterocycles. The Morgan fingerprint density at radius 1 is 1.52 bits per heavy atom. The molecule has 1 saturated heterocycles. The Morgan fingerprint density at radius 2 is 2.33 bits per heavy atom. The number of amides is 1. The molecule has 1 aliphatic heterocycles. The summed E-state index contributed by atoms with van der Waals surface area (Å²) in [6.45, 7) is 3.30. The van der Waals surface area contributed by atoms with Crippen LogP contribution in [-0.4, -0.2) is 46.3 Å². The smallest absolute Gasteiger partial charge is 0.310 e. The number of carbonyl (C=O) groups excluding carboxylic acids is 2. The third kappa shape index (κ3) is 4.18. The average molecular weight is 291 g/mol. The number of carbonyl (C=O) groups is 2. The van der Waals surface area contributed by atoms with Crippen molar-refractivity contribution in [3.05, 3.63) is 24.0 Å². The standard InChI is InChI=1S/C15H21N3O3/c1-3-21-15(20)13-5-4-8-18(11-13)14(19)7-6-12-9-16-17(2)10-12/h6-7,9-10,13H,3-5,8,11H2,1-2H3/b7-6+/t13-/m0/s1. The van der Waals surface area contributed by atoms with Gasteiger partial charge in [0.25, 0.3) is 0 Å². The number of esters is 1. The molecule has 1 fully saturated rings. The van der Waals surface area contributed by atoms with E-state index >= 15 is 0 Å². The van der Waals surface area contributed by atoms with Crippen LogP contribution in [0.25, 0.3) is 6.08 Å². The Balaban J connectivity index is 1.92. The average Bonchev–Trinajstić information content (AvgIpc) is 2.91. The minimum Gasteiger partial charge on any atom is -0.466 e. The fourth-order valence-corrected chi connectivity index (χ4v) is 2.43. The summed E-state index contributed by atoms with van der Waals surface area (Å²) in [5.74, 6) is -0.478. The highest BCUT2D eigenvalue weighted by atomic mass is 16.5. The predicted octanol–water partition coefficient (Wildman–Crippen LogP) is 1.23. The second kappa shape index (κ2) is 7.06. The van der Waals surface area contributed by atoms with E-state index in [2.05, 4.69) is 5.10 Å². The van der Waals surface area contributed by atoms with E-state index in [-0.39, 0.29) is 17.8 Å². The zero-order chi connectivity index (χ0) is 15.2. The number of aryl methyl sites for hydroxylation is 1. The van der Waals surface area contributed by atoms with E-state index in [9.17, 15) is 9.59 Å². The molecule has 114 valence electrons. The predicted molar refractivity (Wildman–Crippen MR) is 78.2 cm³/mol. The Kier molecular flexibility index (Phi) is 5.14. The first kappa shape index (κ1) is 15.3. The zero-order valence-electron chi connectivity index (χ0n) is 12.5. The van der Waals surface area contributed by atoms with Crippen LogP contribution in [0.4, 0.5) is 0 Å². The second-order valence-corrected chi connectivity index (χ2v) is 5.16. The number of hydrogen-bond acceptors (Lipinski definition) is 4. The normalized spacial score (nSPS) is 19.0. The van der Waals surface area contributed by atoms with Crippen LogP contribution in [0.3, 0.4) is 0 Å². The van der Waals surface area contributed by atoms with Gasteiger partial charge in [0.2, 0.25) is 5.91 Å². The monoisotopic (exact) mass is 291 g/mol. The third-order valence-electron chi connectivity index (χ3n) is 3.50. The van der Waals surface area contributed by atoms with E-state index in [0.29, 0.717) is 19.7 Å². The van der Waals surface area contributed by atoms with E-state index in [1.54, 1.807) is 28.8 Å². The molecule has 21 heavy (non-hydrogen) atoms. The quantitative estimate of drug-likeness (QED) is 0.618. The molecule has 1 aromatic rings. The minimum atomic E-state index is -0.203. The number of hydrogen-bond donors (Lipinski definition) is 0. The van der Waals surface area contributed by atoms with Crippen molar-refractivity contribution in [1.29, 1.82) is 0 Å². The van der Waals surface area contributed by atoms with Gasteiger partial charge in [0.15, 0.2) is 0 Å². The molecule has 2 heterocycles. The summed E-state index contributed by atoms with van der Waals surface area (Å²) in [6.07, 6.45) is 8.42. The summed E-state index contributed by atoms with van der Waals surface area (Å²) in [4.78, 5) is 25.6. The molecule has 0 radical (unpaired) electrons. The lowest BCUT2D eigenvalue weighted by Crippen LogP contribution is -2.42. The Hall–Kier alpha value is -2.11. The molecule has 6 nitrogen and oxygen atoms in total. The van der Waals surface area contributed by atoms with Gasteiger partial charge < -0.3 is 9.64 Å². The number of aromatic nitrogens is 2. The second-order valence-electron chi connectivity index (χ2n) is 5.16. The maximum Gasteiger partial charge on any atom is 0.310 e. The molecule has 0 spiro atoms. The Bertz CT molecular complexity index is 536. The van der Waals surface area contributed by atoms with Crippen LogP contribution in [-0.2, 0) is 21.4 Å². The van der Waals surface area contributed by atoms with Crippen molar-refractivity contribution in [2.75, 3.05) is 19.7 Å². The van der Waals surface area contributed by atoms with Crippen LogP contribution in [0.15, 0.2) is 18.5 Å². The molecular formula is C15H21N3O3. The molecule has 1 amide bonds. The lowest BCUT2D eigenvalue weighted by molar-refractivity contribution is -0.150. The van der Waals surface area contributed by atoms with E-state index in [1.165, 1.54) is 6.08 Å². The van der Waals surface area contributed by atoms with Crippen molar-refractivity contribution in [3.63, 3.8) is 0 Å². The van der Waals surface area contributed by atoms with Gasteiger partial charge in [0.1, 0.15) is 0 Å². The van der Waals surface area contributed by atoms with Crippen LogP contribution in [0.1, 0.15) is 25.3 Å². The number of ether oxygens (including phenoxy) is 1. The molecule has 1 aliphatic rings. The van der Waals surface area contributed by atoms with Crippen molar-refractivity contribution in [2.45, 2.75) is 19.8 Å². The summed E-state index contributed by atoms with van der Waals surface area (Å²) in [7, 11) is 1.83. The fourth-order valence-electron chi connectivity index (χ4n) is 2.43. The van der Waals surface area contributed by atoms with Gasteiger partial charge in [-0.15, -0.1) is 0 Å². The van der Waals surface area contributed by atoms with Crippen LogP contribution in [0.5, 0.6) is 0 Å². The summed E-state index contributed by atoms with van der Waals surface area (Å²) in [5.41, 5.74) is 0.879. The molecule has 0 aromatic carbocycles. The highest BCUT2D eigenvalue weighted by Gasteiger charge is 2.28. The highest BCUT2D eigenvalue weighted by molar-refractivity contribution is 5.92. The summed E-state index contributed by atoms with van der Waals surface area (Å²) >= 11 is 0. The number of likely N-dealkylation sites (tertiary alicyclic amines) is 1. The van der Waals surface area contributed by atoms with Crippen molar-refractivity contribution < 1.29 is 14.3 Å². The summed E-state index contributed by atoms with van der Waals surface area (Å²) < 4.78 is 6.72. The van der Waals surface area contributed by atoms with Gasteiger partial charge in [-0.05, 0) is 25.8 Å². The van der Waals surface area contributed by atoms with Crippen molar-refractivity contribution in [3.8, 4) is 0 Å².